The van der Waals surface area contributed by atoms with Crippen LogP contribution in [0.15, 0.2) is 229 Å². The summed E-state index contributed by atoms with van der Waals surface area (Å²) >= 11 is 0. The van der Waals surface area contributed by atoms with E-state index in [-0.39, 0.29) is 0 Å². The van der Waals surface area contributed by atoms with Crippen molar-refractivity contribution in [3.05, 3.63) is 224 Å². The summed E-state index contributed by atoms with van der Waals surface area (Å²) in [6.45, 7) is 0. The van der Waals surface area contributed by atoms with E-state index >= 15 is 0 Å². The number of hydrogen-bond donors (Lipinski definition) is 0. The number of hydrogen-bond acceptors (Lipinski definition) is 4. The first-order chi connectivity index (χ1) is 34.2. The molecule has 6 heteroatoms. The van der Waals surface area contributed by atoms with Crippen molar-refractivity contribution < 1.29 is 4.42 Å². The van der Waals surface area contributed by atoms with Gasteiger partial charge in [0.15, 0.2) is 11.6 Å². The summed E-state index contributed by atoms with van der Waals surface area (Å²) in [6, 6.07) is 80.0. The maximum Gasteiger partial charge on any atom is 0.238 e. The highest BCUT2D eigenvalue weighted by atomic mass is 16.3. The van der Waals surface area contributed by atoms with Gasteiger partial charge < -0.3 is 8.98 Å². The monoisotopic (exact) mass is 879 g/mol. The van der Waals surface area contributed by atoms with E-state index in [1.807, 2.05) is 48.5 Å². The Morgan fingerprint density at radius 3 is 1.46 bits per heavy atom. The van der Waals surface area contributed by atoms with Crippen molar-refractivity contribution in [2.24, 2.45) is 0 Å². The number of rotatable bonds is 5. The number of benzene rings is 11. The van der Waals surface area contributed by atoms with Crippen LogP contribution >= 0.6 is 0 Å². The van der Waals surface area contributed by atoms with Crippen molar-refractivity contribution in [3.63, 3.8) is 0 Å². The summed E-state index contributed by atoms with van der Waals surface area (Å²) in [4.78, 5) is 16.0. The maximum atomic E-state index is 6.25. The van der Waals surface area contributed by atoms with E-state index in [4.69, 9.17) is 19.4 Å². The first-order valence-electron chi connectivity index (χ1n) is 23.3. The van der Waals surface area contributed by atoms with Gasteiger partial charge in [-0.05, 0) is 98.0 Å². The van der Waals surface area contributed by atoms with Crippen LogP contribution in [0.25, 0.3) is 143 Å². The molecule has 0 saturated carbocycles. The molecule has 320 valence electrons. The van der Waals surface area contributed by atoms with Crippen molar-refractivity contribution in [3.8, 4) is 45.5 Å². The van der Waals surface area contributed by atoms with Crippen LogP contribution in [0.4, 0.5) is 0 Å². The van der Waals surface area contributed by atoms with E-state index in [2.05, 4.69) is 185 Å². The summed E-state index contributed by atoms with van der Waals surface area (Å²) in [6.07, 6.45) is 0. The summed E-state index contributed by atoms with van der Waals surface area (Å²) in [7, 11) is 0. The van der Waals surface area contributed by atoms with Crippen LogP contribution in [-0.2, 0) is 0 Å². The molecule has 0 aliphatic rings. The lowest BCUT2D eigenvalue weighted by Crippen LogP contribution is -2.07. The fourth-order valence-electron chi connectivity index (χ4n) is 11.1. The first kappa shape index (κ1) is 37.8. The molecule has 0 atom stereocenters. The molecule has 15 aromatic rings. The molecule has 0 aliphatic carbocycles. The largest absolute Gasteiger partial charge is 0.456 e. The van der Waals surface area contributed by atoms with Crippen LogP contribution in [0.1, 0.15) is 0 Å². The van der Waals surface area contributed by atoms with E-state index < -0.39 is 0 Å². The van der Waals surface area contributed by atoms with Crippen molar-refractivity contribution in [2.75, 3.05) is 0 Å². The summed E-state index contributed by atoms with van der Waals surface area (Å²) in [5.41, 5.74) is 11.0. The third kappa shape index (κ3) is 5.63. The second kappa shape index (κ2) is 14.6. The highest BCUT2D eigenvalue weighted by molar-refractivity contribution is 6.26. The Kier molecular flexibility index (Phi) is 7.97. The predicted octanol–water partition coefficient (Wildman–Crippen LogP) is 16.4. The van der Waals surface area contributed by atoms with Crippen LogP contribution in [-0.4, -0.2) is 24.1 Å². The molecule has 0 amide bonds. The predicted molar refractivity (Wildman–Crippen MR) is 285 cm³/mol. The Bertz CT molecular complexity index is 4580. The number of fused-ring (bicyclic) bond motifs is 16. The Labute approximate surface area is 394 Å². The van der Waals surface area contributed by atoms with Gasteiger partial charge in [-0.3, -0.25) is 4.57 Å². The molecule has 0 bridgehead atoms. The van der Waals surface area contributed by atoms with Gasteiger partial charge in [0.25, 0.3) is 0 Å². The number of furan rings is 1. The third-order valence-electron chi connectivity index (χ3n) is 14.1. The van der Waals surface area contributed by atoms with Crippen LogP contribution in [0.3, 0.4) is 0 Å². The van der Waals surface area contributed by atoms with Crippen LogP contribution in [0.2, 0.25) is 0 Å². The van der Waals surface area contributed by atoms with E-state index in [0.717, 1.165) is 88.1 Å². The van der Waals surface area contributed by atoms with Gasteiger partial charge in [-0.2, -0.15) is 9.97 Å². The summed E-state index contributed by atoms with van der Waals surface area (Å²) in [5.74, 6) is 1.71. The molecule has 0 radical (unpaired) electrons. The van der Waals surface area contributed by atoms with Crippen LogP contribution in [0.5, 0.6) is 0 Å². The Morgan fingerprint density at radius 2 is 0.754 bits per heavy atom. The number of para-hydroxylation sites is 3. The van der Waals surface area contributed by atoms with Gasteiger partial charge >= 0.3 is 0 Å². The molecule has 0 N–H and O–H groups in total. The van der Waals surface area contributed by atoms with E-state index in [0.29, 0.717) is 17.6 Å². The second-order valence-electron chi connectivity index (χ2n) is 17.9. The van der Waals surface area contributed by atoms with Gasteiger partial charge in [-0.25, -0.2) is 4.98 Å². The quantitative estimate of drug-likeness (QED) is 0.162. The van der Waals surface area contributed by atoms with Crippen molar-refractivity contribution >= 4 is 97.9 Å². The van der Waals surface area contributed by atoms with Gasteiger partial charge in [0, 0.05) is 49.1 Å². The molecule has 4 aromatic heterocycles. The van der Waals surface area contributed by atoms with Gasteiger partial charge in [0.2, 0.25) is 5.95 Å². The second-order valence-corrected chi connectivity index (χ2v) is 17.9. The maximum absolute atomic E-state index is 6.25. The molecule has 11 aromatic carbocycles. The van der Waals surface area contributed by atoms with Crippen molar-refractivity contribution in [1.82, 2.24) is 24.1 Å². The standard InChI is InChI=1S/C63H37N5O/c1-2-15-38(16-3-1)61-64-62(41-30-34-58-54(37-41)50-25-10-13-28-57(50)69-58)66-63(65-61)68-56-27-12-9-24-49(56)52-33-32-51-48-23-8-11-26-55(48)67(59(51)60(52)68)42-18-14-17-39(35-42)40-29-31-47-45-21-5-4-19-43(45)44-20-6-7-22-46(44)53(47)36-40/h1-37H. The summed E-state index contributed by atoms with van der Waals surface area (Å²) < 4.78 is 10.9. The Balaban J connectivity index is 0.997. The van der Waals surface area contributed by atoms with E-state index in [1.165, 1.54) is 37.7 Å². The zero-order valence-electron chi connectivity index (χ0n) is 37.0. The van der Waals surface area contributed by atoms with Gasteiger partial charge in [-0.15, -0.1) is 0 Å². The number of nitrogens with zero attached hydrogens (tertiary/aromatic N) is 5. The van der Waals surface area contributed by atoms with Crippen LogP contribution < -0.4 is 0 Å². The lowest BCUT2D eigenvalue weighted by Gasteiger charge is -2.15. The molecule has 69 heavy (non-hydrogen) atoms. The average Bonchev–Trinajstić information content (AvgIpc) is 4.09. The minimum Gasteiger partial charge on any atom is -0.456 e. The molecular weight excluding hydrogens is 843 g/mol. The lowest BCUT2D eigenvalue weighted by atomic mass is 9.92. The molecule has 0 fully saturated rings. The minimum atomic E-state index is 0.538. The smallest absolute Gasteiger partial charge is 0.238 e. The van der Waals surface area contributed by atoms with Crippen LogP contribution in [0, 0.1) is 0 Å². The van der Waals surface area contributed by atoms with Gasteiger partial charge in [0.1, 0.15) is 11.2 Å². The number of aromatic nitrogens is 5. The minimum absolute atomic E-state index is 0.538. The highest BCUT2D eigenvalue weighted by Crippen LogP contribution is 2.43. The molecule has 0 aliphatic heterocycles. The fourth-order valence-corrected chi connectivity index (χ4v) is 11.1. The van der Waals surface area contributed by atoms with Gasteiger partial charge in [0.05, 0.1) is 22.1 Å². The molecular formula is C63H37N5O. The lowest BCUT2D eigenvalue weighted by molar-refractivity contribution is 0.669. The Hall–Kier alpha value is -9.39. The summed E-state index contributed by atoms with van der Waals surface area (Å²) in [5, 5.41) is 14.2. The molecule has 0 spiro atoms. The normalized spacial score (nSPS) is 12.1. The third-order valence-corrected chi connectivity index (χ3v) is 14.1. The topological polar surface area (TPSA) is 61.7 Å². The molecule has 6 nitrogen and oxygen atoms in total. The molecule has 4 heterocycles. The molecule has 0 saturated heterocycles. The average molecular weight is 880 g/mol. The fraction of sp³-hybridized carbons (Fsp3) is 0. The van der Waals surface area contributed by atoms with Gasteiger partial charge in [-0.1, -0.05) is 170 Å². The molecule has 0 unspecified atom stereocenters. The van der Waals surface area contributed by atoms with E-state index in [9.17, 15) is 0 Å². The zero-order chi connectivity index (χ0) is 45.2. The molecule has 15 rings (SSSR count). The van der Waals surface area contributed by atoms with E-state index in [1.54, 1.807) is 0 Å². The first-order valence-corrected chi connectivity index (χ1v) is 23.3. The zero-order valence-corrected chi connectivity index (χ0v) is 37.0. The SMILES string of the molecule is c1ccc(-c2nc(-c3ccc4oc5ccccc5c4c3)nc(-n3c4ccccc4c4ccc5c6ccccc6n(-c6cccc(-c7ccc8c9ccccc9c9ccccc9c8c7)c6)c5c43)n2)cc1. The van der Waals surface area contributed by atoms with Crippen molar-refractivity contribution in [2.45, 2.75) is 0 Å². The Morgan fingerprint density at radius 1 is 0.275 bits per heavy atom. The highest BCUT2D eigenvalue weighted by Gasteiger charge is 2.24. The van der Waals surface area contributed by atoms with Crippen molar-refractivity contribution in [1.29, 1.82) is 0 Å².